The molecule has 0 saturated heterocycles. The summed E-state index contributed by atoms with van der Waals surface area (Å²) in [5.74, 6) is 0.773. The molecule has 0 unspecified atom stereocenters. The van der Waals surface area contributed by atoms with Crippen LogP contribution >= 0.6 is 34.2 Å². The number of aromatic nitrogens is 2. The summed E-state index contributed by atoms with van der Waals surface area (Å²) >= 11 is 7.78. The van der Waals surface area contributed by atoms with E-state index < -0.39 is 0 Å². The Hall–Kier alpha value is 0.106. The van der Waals surface area contributed by atoms with Crippen molar-refractivity contribution in [2.75, 3.05) is 0 Å². The van der Waals surface area contributed by atoms with Gasteiger partial charge in [-0.2, -0.15) is 0 Å². The van der Waals surface area contributed by atoms with Crippen LogP contribution in [0.15, 0.2) is 69.9 Å². The maximum absolute atomic E-state index is 12.6. The fourth-order valence-corrected chi connectivity index (χ4v) is 2.66. The second-order valence-electron chi connectivity index (χ2n) is 5.57. The van der Waals surface area contributed by atoms with Gasteiger partial charge in [0.15, 0.2) is 0 Å². The zero-order valence-corrected chi connectivity index (χ0v) is 24.0. The first kappa shape index (κ1) is 28.1. The molecule has 0 radical (unpaired) electrons. The molecule has 0 fully saturated rings. The average Bonchev–Trinajstić information content (AvgIpc) is 3.39. The van der Waals surface area contributed by atoms with Gasteiger partial charge in [0.05, 0.1) is 17.3 Å². The topological polar surface area (TPSA) is 52.1 Å². The van der Waals surface area contributed by atoms with E-state index in [1.165, 1.54) is 30.5 Å². The van der Waals surface area contributed by atoms with Crippen LogP contribution in [-0.2, 0) is 10.3 Å². The Bertz CT molecular complexity index is 944. The molecule has 10 heteroatoms. The van der Waals surface area contributed by atoms with Gasteiger partial charge in [-0.3, -0.25) is 0 Å². The zero-order chi connectivity index (χ0) is 19.9. The van der Waals surface area contributed by atoms with E-state index >= 15 is 0 Å². The molecule has 0 aliphatic heterocycles. The third-order valence-electron chi connectivity index (χ3n) is 3.56. The van der Waals surface area contributed by atoms with Crippen molar-refractivity contribution < 1.29 is 93.0 Å². The maximum atomic E-state index is 12.6. The molecule has 0 atom stereocenters. The van der Waals surface area contributed by atoms with Gasteiger partial charge in [-0.1, -0.05) is 22.6 Å². The first-order valence-corrected chi connectivity index (χ1v) is 10.2. The molecule has 4 nitrogen and oxygen atoms in total. The van der Waals surface area contributed by atoms with Crippen molar-refractivity contribution in [1.82, 2.24) is 9.97 Å². The van der Waals surface area contributed by atoms with E-state index in [9.17, 15) is 8.78 Å². The second-order valence-corrected chi connectivity index (χ2v) is 6.60. The van der Waals surface area contributed by atoms with Crippen molar-refractivity contribution in [3.8, 4) is 22.9 Å². The van der Waals surface area contributed by atoms with E-state index in [1.807, 2.05) is 0 Å². The van der Waals surface area contributed by atoms with Crippen LogP contribution in [0, 0.1) is 11.6 Å². The molecule has 0 aliphatic rings. The minimum atomic E-state index is -0.280. The Kier molecular flexibility index (Phi) is 13.4. The van der Waals surface area contributed by atoms with Gasteiger partial charge in [0, 0.05) is 15.6 Å². The zero-order valence-electron chi connectivity index (χ0n) is 15.8. The molecule has 4 rings (SSSR count). The summed E-state index contributed by atoms with van der Waals surface area (Å²) in [6.07, 6.45) is 3.11. The van der Waals surface area contributed by atoms with Crippen LogP contribution in [0.1, 0.15) is 11.4 Å². The molecular weight excluding hydrogens is 667 g/mol. The molecule has 2 aromatic heterocycles. The number of hydrogen-bond acceptors (Lipinski definition) is 4. The van der Waals surface area contributed by atoms with Gasteiger partial charge in [-0.05, 0) is 48.5 Å². The van der Waals surface area contributed by atoms with Crippen LogP contribution in [-0.4, -0.2) is 9.97 Å². The standard InChI is InChI=1S/C10H7ClFNO.C10H7FINO.HI.K/c11-5-9-6-14-10(13-9)7-1-3-8(12)4-2-7;11-8-3-1-7(2-4-8)10-13-9(5-12)6-14-10;;/h2*1-4,6H,5H2;1H;/q;;;+1/p-1. The normalized spacial score (nSPS) is 9.73. The summed E-state index contributed by atoms with van der Waals surface area (Å²) < 4.78 is 36.4. The Balaban J connectivity index is 0.000000281. The molecule has 0 bridgehead atoms. The molecule has 0 amide bonds. The third kappa shape index (κ3) is 8.23. The van der Waals surface area contributed by atoms with Gasteiger partial charge in [0.25, 0.3) is 0 Å². The van der Waals surface area contributed by atoms with E-state index in [1.54, 1.807) is 30.5 Å². The van der Waals surface area contributed by atoms with Gasteiger partial charge in [-0.25, -0.2) is 18.7 Å². The SMILES string of the molecule is Fc1ccc(-c2nc(CCl)co2)cc1.Fc1ccc(-c2nc(CI)co2)cc1.[I-].[K+]. The van der Waals surface area contributed by atoms with Gasteiger partial charge in [0.2, 0.25) is 11.8 Å². The number of rotatable bonds is 4. The van der Waals surface area contributed by atoms with Gasteiger partial charge < -0.3 is 32.8 Å². The molecule has 2 aromatic carbocycles. The van der Waals surface area contributed by atoms with Crippen molar-refractivity contribution in [3.63, 3.8) is 0 Å². The molecule has 152 valence electrons. The van der Waals surface area contributed by atoms with Crippen LogP contribution < -0.4 is 75.4 Å². The van der Waals surface area contributed by atoms with E-state index in [4.69, 9.17) is 20.4 Å². The maximum Gasteiger partial charge on any atom is 1.00 e. The summed E-state index contributed by atoms with van der Waals surface area (Å²) in [4.78, 5) is 8.34. The summed E-state index contributed by atoms with van der Waals surface area (Å²) in [5.41, 5.74) is 3.10. The van der Waals surface area contributed by atoms with Crippen molar-refractivity contribution >= 4 is 34.2 Å². The molecule has 0 aliphatic carbocycles. The molecule has 30 heavy (non-hydrogen) atoms. The fourth-order valence-electron chi connectivity index (χ4n) is 2.19. The van der Waals surface area contributed by atoms with E-state index in [0.717, 1.165) is 21.2 Å². The summed E-state index contributed by atoms with van der Waals surface area (Å²) in [7, 11) is 0. The number of nitrogens with zero attached hydrogens (tertiary/aromatic N) is 2. The number of halogens is 5. The molecule has 0 spiro atoms. The average molecular weight is 681 g/mol. The van der Waals surface area contributed by atoms with E-state index in [-0.39, 0.29) is 87.0 Å². The number of alkyl halides is 2. The minimum absolute atomic E-state index is 0. The van der Waals surface area contributed by atoms with Crippen LogP contribution in [0.25, 0.3) is 22.9 Å². The van der Waals surface area contributed by atoms with Crippen LogP contribution in [0.3, 0.4) is 0 Å². The van der Waals surface area contributed by atoms with Crippen LogP contribution in [0.4, 0.5) is 8.78 Å². The Morgan fingerprint density at radius 1 is 0.767 bits per heavy atom. The monoisotopic (exact) mass is 680 g/mol. The molecule has 4 aromatic rings. The largest absolute Gasteiger partial charge is 1.00 e. The van der Waals surface area contributed by atoms with E-state index in [2.05, 4.69) is 32.6 Å². The van der Waals surface area contributed by atoms with Gasteiger partial charge in [-0.15, -0.1) is 11.6 Å². The summed E-state index contributed by atoms with van der Waals surface area (Å²) in [6, 6.07) is 12.0. The summed E-state index contributed by atoms with van der Waals surface area (Å²) in [6.45, 7) is 0. The predicted molar refractivity (Wildman–Crippen MR) is 111 cm³/mol. The van der Waals surface area contributed by atoms with Gasteiger partial charge in [0.1, 0.15) is 24.2 Å². The fraction of sp³-hybridized carbons (Fsp3) is 0.100. The quantitative estimate of drug-likeness (QED) is 0.181. The Morgan fingerprint density at radius 2 is 1.17 bits per heavy atom. The van der Waals surface area contributed by atoms with Crippen molar-refractivity contribution in [2.24, 2.45) is 0 Å². The van der Waals surface area contributed by atoms with Gasteiger partial charge >= 0.3 is 51.4 Å². The van der Waals surface area contributed by atoms with Crippen LogP contribution in [0.2, 0.25) is 0 Å². The second kappa shape index (κ2) is 14.3. The van der Waals surface area contributed by atoms with Crippen molar-refractivity contribution in [2.45, 2.75) is 10.3 Å². The smallest absolute Gasteiger partial charge is 1.00 e. The predicted octanol–water partition coefficient (Wildman–Crippen LogP) is 0.643. The molecular formula is C20H14ClF2I2KN2O2. The first-order valence-electron chi connectivity index (χ1n) is 8.11. The first-order chi connectivity index (χ1) is 13.6. The summed E-state index contributed by atoms with van der Waals surface area (Å²) in [5, 5.41) is 0. The van der Waals surface area contributed by atoms with E-state index in [0.29, 0.717) is 23.4 Å². The number of oxazole rings is 2. The van der Waals surface area contributed by atoms with Crippen LogP contribution in [0.5, 0.6) is 0 Å². The number of hydrogen-bond donors (Lipinski definition) is 0. The molecule has 0 N–H and O–H groups in total. The third-order valence-corrected chi connectivity index (χ3v) is 4.62. The Labute approximate surface area is 250 Å². The Morgan fingerprint density at radius 3 is 1.50 bits per heavy atom. The van der Waals surface area contributed by atoms with Crippen molar-refractivity contribution in [1.29, 1.82) is 0 Å². The minimum Gasteiger partial charge on any atom is -1.00 e. The number of benzene rings is 2. The molecule has 0 saturated carbocycles. The van der Waals surface area contributed by atoms with Crippen molar-refractivity contribution in [3.05, 3.63) is 84.1 Å². The molecule has 2 heterocycles.